The molecule has 0 aliphatic rings. The first kappa shape index (κ1) is 13.5. The molecule has 0 amide bonds. The molecule has 0 aromatic rings. The van der Waals surface area contributed by atoms with Crippen molar-refractivity contribution >= 4 is 30.8 Å². The third kappa shape index (κ3) is 11.6. The van der Waals surface area contributed by atoms with Crippen LogP contribution in [0.1, 0.15) is 13.8 Å². The summed E-state index contributed by atoms with van der Waals surface area (Å²) >= 11 is 2.15. The Bertz CT molecular complexity index is 71.3. The molecule has 64 valence electrons. The van der Waals surface area contributed by atoms with Crippen LogP contribution in [0.2, 0.25) is 0 Å². The molecule has 0 heterocycles. The van der Waals surface area contributed by atoms with Crippen molar-refractivity contribution in [3.8, 4) is 0 Å². The first-order chi connectivity index (χ1) is 4.81. The fourth-order valence-electron chi connectivity index (χ4n) is 0.277. The maximum Gasteiger partial charge on any atom is 0.319 e. The molecule has 0 saturated heterocycles. The summed E-state index contributed by atoms with van der Waals surface area (Å²) in [5.74, 6) is 0. The monoisotopic (exact) mass is 280 g/mol. The second-order valence-corrected chi connectivity index (χ2v) is 2.19. The van der Waals surface area contributed by atoms with E-state index in [9.17, 15) is 4.57 Å². The van der Waals surface area contributed by atoms with Crippen LogP contribution < -0.4 is 0 Å². The minimum absolute atomic E-state index is 0.456. The van der Waals surface area contributed by atoms with E-state index in [0.717, 1.165) is 0 Å². The fourth-order valence-corrected chi connectivity index (χ4v) is 0.832. The SMILES string of the molecule is CCO[PH](=O)OCC.CI. The zero-order valence-electron chi connectivity index (χ0n) is 6.52. The maximum atomic E-state index is 10.4. The number of hydrogen-bond donors (Lipinski definition) is 0. The molecule has 0 aromatic carbocycles. The lowest BCUT2D eigenvalue weighted by Gasteiger charge is -1.97. The van der Waals surface area contributed by atoms with Crippen LogP contribution >= 0.6 is 30.8 Å². The van der Waals surface area contributed by atoms with Crippen molar-refractivity contribution in [3.05, 3.63) is 0 Å². The van der Waals surface area contributed by atoms with Crippen LogP contribution in [0.3, 0.4) is 0 Å². The second kappa shape index (κ2) is 12.5. The Balaban J connectivity index is 0. The van der Waals surface area contributed by atoms with Gasteiger partial charge in [-0.15, -0.1) is 0 Å². The highest BCUT2D eigenvalue weighted by molar-refractivity contribution is 14.1. The Hall–Kier alpha value is 0.880. The first-order valence-corrected chi connectivity index (χ1v) is 6.36. The summed E-state index contributed by atoms with van der Waals surface area (Å²) in [6, 6.07) is 0. The third-order valence-corrected chi connectivity index (χ3v) is 1.57. The largest absolute Gasteiger partial charge is 0.319 e. The molecule has 0 saturated carbocycles. The Morgan fingerprint density at radius 1 is 1.20 bits per heavy atom. The minimum atomic E-state index is -2.14. The molecule has 0 rings (SSSR count). The van der Waals surface area contributed by atoms with Gasteiger partial charge in [0, 0.05) is 0 Å². The predicted molar refractivity (Wildman–Crippen MR) is 52.2 cm³/mol. The van der Waals surface area contributed by atoms with Crippen LogP contribution in [0.15, 0.2) is 0 Å². The lowest BCUT2D eigenvalue weighted by Crippen LogP contribution is -1.81. The Morgan fingerprint density at radius 3 is 1.70 bits per heavy atom. The molecule has 10 heavy (non-hydrogen) atoms. The predicted octanol–water partition coefficient (Wildman–Crippen LogP) is 2.50. The number of halogens is 1. The van der Waals surface area contributed by atoms with E-state index in [0.29, 0.717) is 13.2 Å². The summed E-state index contributed by atoms with van der Waals surface area (Å²) in [4.78, 5) is 1.97. The van der Waals surface area contributed by atoms with E-state index in [2.05, 4.69) is 31.6 Å². The first-order valence-electron chi connectivity index (χ1n) is 2.98. The van der Waals surface area contributed by atoms with Gasteiger partial charge < -0.3 is 9.05 Å². The van der Waals surface area contributed by atoms with Gasteiger partial charge in [0.25, 0.3) is 0 Å². The minimum Gasteiger partial charge on any atom is -0.311 e. The van der Waals surface area contributed by atoms with Gasteiger partial charge in [-0.1, -0.05) is 22.6 Å². The van der Waals surface area contributed by atoms with Gasteiger partial charge in [-0.05, 0) is 18.8 Å². The number of alkyl halides is 1. The summed E-state index contributed by atoms with van der Waals surface area (Å²) in [5, 5.41) is 0. The number of rotatable bonds is 4. The van der Waals surface area contributed by atoms with Gasteiger partial charge in [-0.25, -0.2) is 0 Å². The van der Waals surface area contributed by atoms with Gasteiger partial charge in [-0.3, -0.25) is 4.57 Å². The van der Waals surface area contributed by atoms with Crippen LogP contribution in [0.25, 0.3) is 0 Å². The van der Waals surface area contributed by atoms with Crippen molar-refractivity contribution in [1.82, 2.24) is 0 Å². The van der Waals surface area contributed by atoms with Crippen molar-refractivity contribution in [3.63, 3.8) is 0 Å². The molecule has 0 unspecified atom stereocenters. The zero-order valence-corrected chi connectivity index (χ0v) is 9.67. The highest BCUT2D eigenvalue weighted by Crippen LogP contribution is 2.21. The van der Waals surface area contributed by atoms with Crippen molar-refractivity contribution in [2.45, 2.75) is 13.8 Å². The molecule has 0 aliphatic heterocycles. The molecular weight excluding hydrogens is 266 g/mol. The van der Waals surface area contributed by atoms with Crippen LogP contribution in [-0.4, -0.2) is 18.1 Å². The van der Waals surface area contributed by atoms with Gasteiger partial charge in [0.05, 0.1) is 13.2 Å². The quantitative estimate of drug-likeness (QED) is 0.451. The van der Waals surface area contributed by atoms with E-state index in [4.69, 9.17) is 0 Å². The van der Waals surface area contributed by atoms with Crippen molar-refractivity contribution < 1.29 is 13.6 Å². The normalized spacial score (nSPS) is 8.90. The lowest BCUT2D eigenvalue weighted by atomic mass is 10.9. The Kier molecular flexibility index (Phi) is 16.9. The highest BCUT2D eigenvalue weighted by atomic mass is 127. The molecule has 0 atom stereocenters. The van der Waals surface area contributed by atoms with Crippen LogP contribution in [0.5, 0.6) is 0 Å². The fraction of sp³-hybridized carbons (Fsp3) is 1.00. The Labute approximate surface area is 76.6 Å². The molecule has 0 N–H and O–H groups in total. The average Bonchev–Trinajstić information content (AvgIpc) is 1.93. The van der Waals surface area contributed by atoms with Crippen molar-refractivity contribution in [2.24, 2.45) is 0 Å². The van der Waals surface area contributed by atoms with E-state index in [1.807, 2.05) is 4.93 Å². The van der Waals surface area contributed by atoms with E-state index in [-0.39, 0.29) is 0 Å². The summed E-state index contributed by atoms with van der Waals surface area (Å²) in [7, 11) is -2.14. The number of hydrogen-bond acceptors (Lipinski definition) is 3. The van der Waals surface area contributed by atoms with Gasteiger partial charge in [-0.2, -0.15) is 0 Å². The molecule has 0 bridgehead atoms. The van der Waals surface area contributed by atoms with Crippen LogP contribution in [0, 0.1) is 0 Å². The standard InChI is InChI=1S/C4H11O3P.CH3I/c1-3-6-8(5)7-4-2;1-2/h8H,3-4H2,1-2H3;1H3. The summed E-state index contributed by atoms with van der Waals surface area (Å²) in [6.07, 6.45) is 0. The van der Waals surface area contributed by atoms with Gasteiger partial charge >= 0.3 is 8.25 Å². The lowest BCUT2D eigenvalue weighted by molar-refractivity contribution is 0.243. The van der Waals surface area contributed by atoms with Crippen molar-refractivity contribution in [2.75, 3.05) is 18.1 Å². The van der Waals surface area contributed by atoms with Crippen LogP contribution in [-0.2, 0) is 13.6 Å². The molecule has 5 heteroatoms. The molecule has 0 aromatic heterocycles. The Morgan fingerprint density at radius 2 is 1.50 bits per heavy atom. The molecule has 0 aliphatic carbocycles. The topological polar surface area (TPSA) is 35.5 Å². The molecule has 0 fully saturated rings. The molecule has 0 radical (unpaired) electrons. The van der Waals surface area contributed by atoms with E-state index in [1.54, 1.807) is 13.8 Å². The highest BCUT2D eigenvalue weighted by Gasteiger charge is 1.91. The molecular formula is C5H14IO3P. The summed E-state index contributed by atoms with van der Waals surface area (Å²) < 4.78 is 19.6. The summed E-state index contributed by atoms with van der Waals surface area (Å²) in [6.45, 7) is 4.47. The zero-order chi connectivity index (χ0) is 8.41. The van der Waals surface area contributed by atoms with E-state index >= 15 is 0 Å². The molecule has 0 spiro atoms. The van der Waals surface area contributed by atoms with Crippen LogP contribution in [0.4, 0.5) is 0 Å². The third-order valence-electron chi connectivity index (χ3n) is 0.524. The van der Waals surface area contributed by atoms with Gasteiger partial charge in [0.15, 0.2) is 0 Å². The second-order valence-electron chi connectivity index (χ2n) is 1.12. The molecule has 3 nitrogen and oxygen atoms in total. The van der Waals surface area contributed by atoms with Gasteiger partial charge in [0.2, 0.25) is 0 Å². The van der Waals surface area contributed by atoms with E-state index in [1.165, 1.54) is 0 Å². The van der Waals surface area contributed by atoms with E-state index < -0.39 is 8.25 Å². The van der Waals surface area contributed by atoms with Crippen molar-refractivity contribution in [1.29, 1.82) is 0 Å². The van der Waals surface area contributed by atoms with Gasteiger partial charge in [0.1, 0.15) is 0 Å². The average molecular weight is 280 g/mol. The smallest absolute Gasteiger partial charge is 0.311 e. The summed E-state index contributed by atoms with van der Waals surface area (Å²) in [5.41, 5.74) is 0. The maximum absolute atomic E-state index is 10.4.